The molecule has 1 aromatic carbocycles. The van der Waals surface area contributed by atoms with E-state index in [1.165, 1.54) is 6.92 Å². The molecule has 3 unspecified atom stereocenters. The molecule has 286 valence electrons. The van der Waals surface area contributed by atoms with Crippen molar-refractivity contribution >= 4 is 11.7 Å². The maximum absolute atomic E-state index is 15.4. The molecule has 4 N–H and O–H groups in total. The highest BCUT2D eigenvalue weighted by atomic mass is 19.4. The van der Waals surface area contributed by atoms with Crippen molar-refractivity contribution in [3.63, 3.8) is 0 Å². The Morgan fingerprint density at radius 3 is 2.27 bits per heavy atom. The average Bonchev–Trinajstić information content (AvgIpc) is 3.54. The Balaban J connectivity index is 1.22. The number of anilines is 1. The molecule has 2 aromatic rings. The lowest BCUT2D eigenvalue weighted by Crippen LogP contribution is -2.65. The molecule has 7 rings (SSSR count). The first-order chi connectivity index (χ1) is 24.1. The lowest BCUT2D eigenvalue weighted by Gasteiger charge is -2.59. The summed E-state index contributed by atoms with van der Waals surface area (Å²) in [4.78, 5) is 12.6. The van der Waals surface area contributed by atoms with Crippen molar-refractivity contribution in [1.29, 1.82) is 0 Å². The Bertz CT molecular complexity index is 1730. The molecule has 2 heterocycles. The minimum absolute atomic E-state index is 0.0110. The van der Waals surface area contributed by atoms with Gasteiger partial charge in [-0.3, -0.25) is 0 Å². The van der Waals surface area contributed by atoms with Crippen molar-refractivity contribution in [3.8, 4) is 0 Å². The summed E-state index contributed by atoms with van der Waals surface area (Å²) < 4.78 is 90.6. The van der Waals surface area contributed by atoms with Gasteiger partial charge in [-0.1, -0.05) is 55.8 Å². The summed E-state index contributed by atoms with van der Waals surface area (Å²) >= 11 is 0. The van der Waals surface area contributed by atoms with Crippen LogP contribution in [0.25, 0.3) is 0 Å². The number of alkyl halides is 5. The van der Waals surface area contributed by atoms with Gasteiger partial charge < -0.3 is 34.8 Å². The zero-order valence-corrected chi connectivity index (χ0v) is 30.2. The van der Waals surface area contributed by atoms with Crippen molar-refractivity contribution in [2.45, 2.75) is 128 Å². The van der Waals surface area contributed by atoms with Crippen LogP contribution in [0.3, 0.4) is 0 Å². The Kier molecular flexibility index (Phi) is 8.76. The van der Waals surface area contributed by atoms with Gasteiger partial charge in [0.25, 0.3) is 0 Å². The molecule has 2 amide bonds. The lowest BCUT2D eigenvalue weighted by molar-refractivity contribution is -0.362. The van der Waals surface area contributed by atoms with Crippen LogP contribution in [-0.2, 0) is 16.0 Å². The van der Waals surface area contributed by atoms with Gasteiger partial charge >= 0.3 is 18.1 Å². The number of hydrogen-bond donors (Lipinski definition) is 4. The summed E-state index contributed by atoms with van der Waals surface area (Å²) in [7, 11) is 0. The topological polar surface area (TPSA) is 126 Å². The summed E-state index contributed by atoms with van der Waals surface area (Å²) in [5.74, 6) is -7.53. The Morgan fingerprint density at radius 2 is 1.65 bits per heavy atom. The van der Waals surface area contributed by atoms with Gasteiger partial charge in [0.1, 0.15) is 17.0 Å². The third-order valence-electron chi connectivity index (χ3n) is 13.0. The number of rotatable bonds is 5. The fourth-order valence-electron chi connectivity index (χ4n) is 10.2. The molecule has 5 aliphatic rings. The number of aryl methyl sites for hydroxylation is 2. The highest BCUT2D eigenvalue weighted by molar-refractivity contribution is 5.90. The molecule has 0 bridgehead atoms. The zero-order chi connectivity index (χ0) is 37.7. The number of nitrogens with zero attached hydrogens (tertiary/aromatic N) is 1. The van der Waals surface area contributed by atoms with E-state index in [-0.39, 0.29) is 37.6 Å². The van der Waals surface area contributed by atoms with E-state index < -0.39 is 64.7 Å². The first-order valence-electron chi connectivity index (χ1n) is 18.1. The summed E-state index contributed by atoms with van der Waals surface area (Å²) in [6, 6.07) is 6.68. The number of aromatic nitrogens is 1. The monoisotopic (exact) mass is 737 g/mol. The summed E-state index contributed by atoms with van der Waals surface area (Å²) in [5, 5.41) is 33.3. The second-order valence-electron chi connectivity index (χ2n) is 16.9. The van der Waals surface area contributed by atoms with E-state index >= 15 is 8.78 Å². The molecule has 1 aliphatic heterocycles. The fraction of sp³-hybridized carbons (Fsp3) is 0.684. The summed E-state index contributed by atoms with van der Waals surface area (Å²) in [5.41, 5.74) is -2.51. The highest BCUT2D eigenvalue weighted by Crippen LogP contribution is 2.71. The van der Waals surface area contributed by atoms with Gasteiger partial charge in [0.05, 0.1) is 18.8 Å². The average molecular weight is 738 g/mol. The quantitative estimate of drug-likeness (QED) is 0.182. The van der Waals surface area contributed by atoms with Crippen LogP contribution in [0, 0.1) is 36.5 Å². The standard InChI is InChI=1S/C38H48F5N3O6/c1-21-30(22(2)52-46-21)45-31(47)44-17-23-6-8-24(9-7-23)26-16-33(5)27(12-15-36(33,49)37(39,40)38(41,42)43)25-10-13-34(48)18-35(14-11-28(34)29(25)26)50-19-32(3,4)20-51-35/h6-9,25-27,48-49H,10-20H2,1-5H3,(H2,44,45,47)/t25?,26-,27?,33+,34?,36+/m1/s1. The number of benzene rings is 1. The van der Waals surface area contributed by atoms with E-state index in [0.29, 0.717) is 55.2 Å². The van der Waals surface area contributed by atoms with E-state index in [4.69, 9.17) is 14.0 Å². The minimum Gasteiger partial charge on any atom is -0.385 e. The van der Waals surface area contributed by atoms with Gasteiger partial charge in [-0.2, -0.15) is 22.0 Å². The second kappa shape index (κ2) is 12.2. The summed E-state index contributed by atoms with van der Waals surface area (Å²) in [6.45, 7) is 9.95. The van der Waals surface area contributed by atoms with Crippen molar-refractivity contribution in [3.05, 3.63) is 58.0 Å². The molecule has 3 saturated carbocycles. The predicted octanol–water partition coefficient (Wildman–Crippen LogP) is 7.84. The number of fused-ring (bicyclic) bond motifs is 4. The van der Waals surface area contributed by atoms with E-state index in [1.807, 2.05) is 13.8 Å². The predicted molar refractivity (Wildman–Crippen MR) is 179 cm³/mol. The number of allylic oxidation sites excluding steroid dienone is 1. The van der Waals surface area contributed by atoms with Crippen molar-refractivity contribution in [2.24, 2.45) is 22.7 Å². The van der Waals surface area contributed by atoms with Crippen LogP contribution in [0.2, 0.25) is 0 Å². The van der Waals surface area contributed by atoms with Crippen LogP contribution < -0.4 is 10.6 Å². The first kappa shape index (κ1) is 37.3. The molecule has 0 radical (unpaired) electrons. The maximum Gasteiger partial charge on any atom is 0.456 e. The number of aliphatic hydroxyl groups is 2. The van der Waals surface area contributed by atoms with E-state index in [0.717, 1.165) is 16.7 Å². The molecule has 52 heavy (non-hydrogen) atoms. The van der Waals surface area contributed by atoms with Gasteiger partial charge in [0.15, 0.2) is 11.5 Å². The number of carbonyl (C=O) groups excluding carboxylic acids is 1. The molecule has 1 spiro atoms. The van der Waals surface area contributed by atoms with Gasteiger partial charge in [-0.15, -0.1) is 0 Å². The number of amides is 2. The third kappa shape index (κ3) is 5.78. The zero-order valence-electron chi connectivity index (χ0n) is 30.2. The number of carbonyl (C=O) groups is 1. The van der Waals surface area contributed by atoms with Crippen molar-refractivity contribution < 1.29 is 51.0 Å². The largest absolute Gasteiger partial charge is 0.456 e. The second-order valence-corrected chi connectivity index (χ2v) is 16.9. The minimum atomic E-state index is -5.93. The van der Waals surface area contributed by atoms with Crippen molar-refractivity contribution in [2.75, 3.05) is 18.5 Å². The molecule has 9 nitrogen and oxygen atoms in total. The van der Waals surface area contributed by atoms with Gasteiger partial charge in [-0.25, -0.2) is 4.79 Å². The number of nitrogens with one attached hydrogen (secondary N) is 2. The fourth-order valence-corrected chi connectivity index (χ4v) is 10.2. The molecule has 6 atom stereocenters. The Morgan fingerprint density at radius 1 is 0.981 bits per heavy atom. The van der Waals surface area contributed by atoms with Crippen LogP contribution in [0.15, 0.2) is 39.9 Å². The van der Waals surface area contributed by atoms with Gasteiger partial charge in [0, 0.05) is 36.1 Å². The number of urea groups is 1. The van der Waals surface area contributed by atoms with Crippen LogP contribution >= 0.6 is 0 Å². The molecule has 14 heteroatoms. The maximum atomic E-state index is 15.4. The molecule has 4 fully saturated rings. The molecular weight excluding hydrogens is 689 g/mol. The van der Waals surface area contributed by atoms with Crippen LogP contribution in [-0.4, -0.2) is 63.7 Å². The van der Waals surface area contributed by atoms with E-state index in [1.54, 1.807) is 38.1 Å². The molecular formula is C38H48F5N3O6. The van der Waals surface area contributed by atoms with Crippen LogP contribution in [0.4, 0.5) is 32.4 Å². The lowest BCUT2D eigenvalue weighted by atomic mass is 9.49. The third-order valence-corrected chi connectivity index (χ3v) is 13.0. The van der Waals surface area contributed by atoms with Gasteiger partial charge in [0.2, 0.25) is 0 Å². The van der Waals surface area contributed by atoms with E-state index in [9.17, 15) is 28.2 Å². The Hall–Kier alpha value is -3.07. The number of hydrogen-bond acceptors (Lipinski definition) is 7. The number of ether oxygens (including phenoxy) is 2. The van der Waals surface area contributed by atoms with Crippen LogP contribution in [0.5, 0.6) is 0 Å². The Labute approximate surface area is 299 Å². The molecule has 4 aliphatic carbocycles. The summed E-state index contributed by atoms with van der Waals surface area (Å²) in [6.07, 6.45) is -5.02. The van der Waals surface area contributed by atoms with E-state index in [2.05, 4.69) is 15.8 Å². The highest BCUT2D eigenvalue weighted by Gasteiger charge is 2.79. The first-order valence-corrected chi connectivity index (χ1v) is 18.1. The van der Waals surface area contributed by atoms with Crippen molar-refractivity contribution in [1.82, 2.24) is 10.5 Å². The SMILES string of the molecule is Cc1noc(C)c1NC(=O)NCc1ccc([C@H]2C[C@@]3(C)C(CC[C@@]3(O)C(F)(F)C(F)(F)F)C3CCC4(O)CC5(CCC4=C32)OCC(C)(C)CO5)cc1. The van der Waals surface area contributed by atoms with Gasteiger partial charge in [-0.05, 0) is 80.9 Å². The normalized spacial score (nSPS) is 34.0. The smallest absolute Gasteiger partial charge is 0.385 e. The van der Waals surface area contributed by atoms with Crippen LogP contribution in [0.1, 0.15) is 101 Å². The molecule has 1 saturated heterocycles. The number of halogens is 5. The molecule has 1 aromatic heterocycles.